The number of aryl methyl sites for hydroxylation is 1. The number of hydrogen-bond donors (Lipinski definition) is 1. The molecule has 0 aliphatic carbocycles. The van der Waals surface area contributed by atoms with Crippen molar-refractivity contribution in [2.45, 2.75) is 39.3 Å². The van der Waals surface area contributed by atoms with E-state index in [1.165, 1.54) is 0 Å². The molecular formula is C28H30Cl2N2O3. The molecule has 0 saturated heterocycles. The van der Waals surface area contributed by atoms with Crippen LogP contribution in [0.3, 0.4) is 0 Å². The highest BCUT2D eigenvalue weighted by atomic mass is 35.5. The largest absolute Gasteiger partial charge is 0.484 e. The smallest absolute Gasteiger partial charge is 0.261 e. The predicted molar refractivity (Wildman–Crippen MR) is 141 cm³/mol. The lowest BCUT2D eigenvalue weighted by molar-refractivity contribution is -0.142. The van der Waals surface area contributed by atoms with E-state index in [1.54, 1.807) is 23.1 Å². The van der Waals surface area contributed by atoms with Gasteiger partial charge >= 0.3 is 0 Å². The molecule has 0 aliphatic heterocycles. The molecule has 0 fully saturated rings. The maximum absolute atomic E-state index is 13.5. The van der Waals surface area contributed by atoms with Gasteiger partial charge in [0.2, 0.25) is 5.91 Å². The zero-order valence-electron chi connectivity index (χ0n) is 20.0. The van der Waals surface area contributed by atoms with E-state index in [9.17, 15) is 9.59 Å². The fourth-order valence-electron chi connectivity index (χ4n) is 3.62. The van der Waals surface area contributed by atoms with Gasteiger partial charge in [-0.15, -0.1) is 0 Å². The first kappa shape index (κ1) is 26.6. The highest BCUT2D eigenvalue weighted by Crippen LogP contribution is 2.24. The third-order valence-corrected chi connectivity index (χ3v) is 6.15. The van der Waals surface area contributed by atoms with E-state index in [0.29, 0.717) is 34.3 Å². The molecular weight excluding hydrogens is 483 g/mol. The first-order valence-electron chi connectivity index (χ1n) is 11.6. The van der Waals surface area contributed by atoms with Gasteiger partial charge in [-0.25, -0.2) is 0 Å². The third kappa shape index (κ3) is 8.01. The monoisotopic (exact) mass is 512 g/mol. The first-order chi connectivity index (χ1) is 16.9. The van der Waals surface area contributed by atoms with Crippen molar-refractivity contribution >= 4 is 35.0 Å². The molecule has 35 heavy (non-hydrogen) atoms. The minimum Gasteiger partial charge on any atom is -0.484 e. The van der Waals surface area contributed by atoms with Crippen LogP contribution < -0.4 is 10.1 Å². The van der Waals surface area contributed by atoms with E-state index in [4.69, 9.17) is 27.9 Å². The molecule has 0 aromatic heterocycles. The number of carbonyl (C=O) groups excluding carboxylic acids is 2. The van der Waals surface area contributed by atoms with Crippen molar-refractivity contribution in [2.24, 2.45) is 0 Å². The second-order valence-corrected chi connectivity index (χ2v) is 9.20. The predicted octanol–water partition coefficient (Wildman–Crippen LogP) is 5.85. The molecule has 2 amide bonds. The van der Waals surface area contributed by atoms with E-state index < -0.39 is 6.04 Å². The summed E-state index contributed by atoms with van der Waals surface area (Å²) in [6.07, 6.45) is 1.15. The molecule has 0 heterocycles. The molecule has 7 heteroatoms. The van der Waals surface area contributed by atoms with Gasteiger partial charge in [-0.2, -0.15) is 0 Å². The molecule has 3 rings (SSSR count). The van der Waals surface area contributed by atoms with Crippen LogP contribution in [0.2, 0.25) is 10.0 Å². The summed E-state index contributed by atoms with van der Waals surface area (Å²) in [5.74, 6) is 0.0529. The minimum atomic E-state index is -0.746. The number of rotatable bonds is 11. The number of halogens is 2. The number of ether oxygens (including phenoxy) is 1. The average Bonchev–Trinajstić information content (AvgIpc) is 2.86. The van der Waals surface area contributed by atoms with Gasteiger partial charge in [0.25, 0.3) is 5.91 Å². The van der Waals surface area contributed by atoms with Crippen LogP contribution in [0.1, 0.15) is 30.0 Å². The lowest BCUT2D eigenvalue weighted by Crippen LogP contribution is -2.51. The summed E-state index contributed by atoms with van der Waals surface area (Å²) in [6, 6.07) is 21.5. The number of amides is 2. The Kier molecular flexibility index (Phi) is 10.0. The topological polar surface area (TPSA) is 58.6 Å². The quantitative estimate of drug-likeness (QED) is 0.350. The Morgan fingerprint density at radius 2 is 1.71 bits per heavy atom. The van der Waals surface area contributed by atoms with Crippen molar-refractivity contribution in [3.05, 3.63) is 99.5 Å². The van der Waals surface area contributed by atoms with E-state index in [2.05, 4.69) is 5.32 Å². The van der Waals surface area contributed by atoms with Gasteiger partial charge in [-0.3, -0.25) is 9.59 Å². The lowest BCUT2D eigenvalue weighted by atomic mass is 10.0. The first-order valence-corrected chi connectivity index (χ1v) is 12.4. The Bertz CT molecular complexity index is 1120. The van der Waals surface area contributed by atoms with Gasteiger partial charge in [0.15, 0.2) is 6.61 Å². The molecule has 1 N–H and O–H groups in total. The molecule has 184 valence electrons. The van der Waals surface area contributed by atoms with Crippen molar-refractivity contribution in [2.75, 3.05) is 13.2 Å². The molecule has 0 spiro atoms. The zero-order valence-corrected chi connectivity index (χ0v) is 21.5. The molecule has 1 unspecified atom stereocenters. The molecule has 1 atom stereocenters. The summed E-state index contributed by atoms with van der Waals surface area (Å²) < 4.78 is 5.78. The van der Waals surface area contributed by atoms with Gasteiger partial charge in [0, 0.05) is 29.6 Å². The third-order valence-electron chi connectivity index (χ3n) is 5.56. The van der Waals surface area contributed by atoms with Crippen molar-refractivity contribution in [1.82, 2.24) is 10.2 Å². The Labute approximate surface area is 217 Å². The molecule has 0 bridgehead atoms. The molecule has 0 saturated carbocycles. The van der Waals surface area contributed by atoms with E-state index in [1.807, 2.05) is 68.4 Å². The number of nitrogens with zero attached hydrogens (tertiary/aromatic N) is 1. The standard InChI is InChI=1S/C28H30Cl2N2O3/c1-3-15-31-28(34)26(16-21-7-5-4-6-8-21)32(18-22-11-12-23(29)17-25(22)30)27(33)19-35-24-13-9-20(2)10-14-24/h4-14,17,26H,3,15-16,18-19H2,1-2H3,(H,31,34). The molecule has 3 aromatic rings. The minimum absolute atomic E-state index is 0.142. The van der Waals surface area contributed by atoms with Crippen LogP contribution in [0.25, 0.3) is 0 Å². The van der Waals surface area contributed by atoms with Gasteiger partial charge in [0.05, 0.1) is 0 Å². The summed E-state index contributed by atoms with van der Waals surface area (Å²) >= 11 is 12.5. The van der Waals surface area contributed by atoms with Crippen molar-refractivity contribution in [1.29, 1.82) is 0 Å². The van der Waals surface area contributed by atoms with Crippen molar-refractivity contribution in [3.63, 3.8) is 0 Å². The van der Waals surface area contributed by atoms with Crippen LogP contribution in [-0.2, 0) is 22.6 Å². The zero-order chi connectivity index (χ0) is 25.2. The Morgan fingerprint density at radius 1 is 1.00 bits per heavy atom. The van der Waals surface area contributed by atoms with Gasteiger partial charge < -0.3 is 15.0 Å². The Hall–Kier alpha value is -3.02. The summed E-state index contributed by atoms with van der Waals surface area (Å²) in [5, 5.41) is 3.88. The summed E-state index contributed by atoms with van der Waals surface area (Å²) in [4.78, 5) is 28.4. The van der Waals surface area contributed by atoms with Crippen LogP contribution in [0, 0.1) is 6.92 Å². The number of hydrogen-bond acceptors (Lipinski definition) is 3. The Balaban J connectivity index is 1.91. The highest BCUT2D eigenvalue weighted by molar-refractivity contribution is 6.35. The van der Waals surface area contributed by atoms with Crippen LogP contribution in [0.5, 0.6) is 5.75 Å². The van der Waals surface area contributed by atoms with Crippen LogP contribution in [-0.4, -0.2) is 35.9 Å². The highest BCUT2D eigenvalue weighted by Gasteiger charge is 2.31. The van der Waals surface area contributed by atoms with Crippen molar-refractivity contribution in [3.8, 4) is 5.75 Å². The van der Waals surface area contributed by atoms with Crippen LogP contribution >= 0.6 is 23.2 Å². The maximum atomic E-state index is 13.5. The van der Waals surface area contributed by atoms with Crippen molar-refractivity contribution < 1.29 is 14.3 Å². The van der Waals surface area contributed by atoms with Gasteiger partial charge in [-0.1, -0.05) is 84.2 Å². The second kappa shape index (κ2) is 13.2. The van der Waals surface area contributed by atoms with Crippen LogP contribution in [0.15, 0.2) is 72.8 Å². The molecule has 3 aromatic carbocycles. The maximum Gasteiger partial charge on any atom is 0.261 e. The fourth-order valence-corrected chi connectivity index (χ4v) is 4.08. The van der Waals surface area contributed by atoms with Crippen LogP contribution in [0.4, 0.5) is 0 Å². The fraction of sp³-hybridized carbons (Fsp3) is 0.286. The van der Waals surface area contributed by atoms with E-state index in [0.717, 1.165) is 17.5 Å². The SMILES string of the molecule is CCCNC(=O)C(Cc1ccccc1)N(Cc1ccc(Cl)cc1Cl)C(=O)COc1ccc(C)cc1. The molecule has 5 nitrogen and oxygen atoms in total. The lowest BCUT2D eigenvalue weighted by Gasteiger charge is -2.31. The molecule has 0 radical (unpaired) electrons. The van der Waals surface area contributed by atoms with E-state index >= 15 is 0 Å². The second-order valence-electron chi connectivity index (χ2n) is 8.36. The Morgan fingerprint density at radius 3 is 2.37 bits per heavy atom. The summed E-state index contributed by atoms with van der Waals surface area (Å²) in [6.45, 7) is 4.42. The number of carbonyl (C=O) groups is 2. The number of benzene rings is 3. The molecule has 0 aliphatic rings. The number of nitrogens with one attached hydrogen (secondary N) is 1. The van der Waals surface area contributed by atoms with Gasteiger partial charge in [0.1, 0.15) is 11.8 Å². The summed E-state index contributed by atoms with van der Waals surface area (Å²) in [5.41, 5.74) is 2.74. The van der Waals surface area contributed by atoms with Gasteiger partial charge in [-0.05, 0) is 48.7 Å². The average molecular weight is 513 g/mol. The van der Waals surface area contributed by atoms with E-state index in [-0.39, 0.29) is 25.0 Å². The normalized spacial score (nSPS) is 11.5. The summed E-state index contributed by atoms with van der Waals surface area (Å²) in [7, 11) is 0.